The molecule has 92 valence electrons. The Kier molecular flexibility index (Phi) is 7.72. The van der Waals surface area contributed by atoms with E-state index < -0.39 is 24.3 Å². The molecule has 0 fully saturated rings. The molecule has 0 saturated carbocycles. The largest absolute Gasteiger partial charge is 0.490 e. The smallest absolute Gasteiger partial charge is 0.475 e. The number of carboxylic acid groups (broad SMARTS) is 2. The quantitative estimate of drug-likeness (QED) is 0.604. The highest BCUT2D eigenvalue weighted by Crippen LogP contribution is 2.13. The number of aliphatic carboxylic acids is 2. The van der Waals surface area contributed by atoms with Crippen molar-refractivity contribution in [3.05, 3.63) is 0 Å². The van der Waals surface area contributed by atoms with Crippen LogP contribution in [0.15, 0.2) is 0 Å². The van der Waals surface area contributed by atoms with Crippen molar-refractivity contribution < 1.29 is 51.6 Å². The lowest BCUT2D eigenvalue weighted by molar-refractivity contribution is -0.193. The van der Waals surface area contributed by atoms with Crippen molar-refractivity contribution in [3.63, 3.8) is 0 Å². The third kappa shape index (κ3) is 12.5. The minimum Gasteiger partial charge on any atom is -0.475 e. The average molecular weight is 246 g/mol. The van der Waals surface area contributed by atoms with Gasteiger partial charge in [-0.3, -0.25) is 0 Å². The predicted molar refractivity (Wildman–Crippen MR) is 31.0 cm³/mol. The van der Waals surface area contributed by atoms with Gasteiger partial charge in [0.25, 0.3) is 0 Å². The van der Waals surface area contributed by atoms with Crippen molar-refractivity contribution in [2.45, 2.75) is 12.4 Å². The molecule has 0 aromatic rings. The summed E-state index contributed by atoms with van der Waals surface area (Å²) in [6.07, 6.45) is -10.2. The summed E-state index contributed by atoms with van der Waals surface area (Å²) in [6.45, 7) is 0. The Hall–Kier alpha value is -1.52. The van der Waals surface area contributed by atoms with Gasteiger partial charge in [-0.1, -0.05) is 0 Å². The van der Waals surface area contributed by atoms with Gasteiger partial charge < -0.3 is 15.7 Å². The highest BCUT2D eigenvalue weighted by Gasteiger charge is 2.38. The molecule has 0 bridgehead atoms. The maximum Gasteiger partial charge on any atom is 0.490 e. The second kappa shape index (κ2) is 6.06. The van der Waals surface area contributed by atoms with Crippen LogP contribution in [0.25, 0.3) is 0 Å². The number of alkyl halides is 6. The zero-order valence-corrected chi connectivity index (χ0v) is 6.48. The molecule has 0 unspecified atom stereocenters. The number of carboxylic acids is 2. The van der Waals surface area contributed by atoms with Crippen molar-refractivity contribution >= 4 is 11.9 Å². The van der Waals surface area contributed by atoms with Crippen molar-refractivity contribution in [1.82, 2.24) is 0 Å². The summed E-state index contributed by atoms with van der Waals surface area (Å²) < 4.78 is 63.5. The maximum atomic E-state index is 10.6. The molecule has 0 radical (unpaired) electrons. The molecule has 0 amide bonds. The van der Waals surface area contributed by atoms with Crippen LogP contribution in [0.2, 0.25) is 0 Å². The Balaban J connectivity index is -0.000000180. The number of halogens is 6. The molecule has 15 heavy (non-hydrogen) atoms. The van der Waals surface area contributed by atoms with Gasteiger partial charge in [-0.25, -0.2) is 9.59 Å². The molecule has 0 aliphatic carbocycles. The van der Waals surface area contributed by atoms with Gasteiger partial charge in [0.2, 0.25) is 0 Å². The molecule has 0 aromatic carbocycles. The van der Waals surface area contributed by atoms with E-state index in [0.29, 0.717) is 0 Å². The topological polar surface area (TPSA) is 106 Å². The molecule has 11 heteroatoms. The van der Waals surface area contributed by atoms with Crippen molar-refractivity contribution in [2.75, 3.05) is 0 Å². The van der Waals surface area contributed by atoms with E-state index in [2.05, 4.69) is 0 Å². The summed E-state index contributed by atoms with van der Waals surface area (Å²) in [4.78, 5) is 17.8. The summed E-state index contributed by atoms with van der Waals surface area (Å²) in [5, 5.41) is 14.2. The van der Waals surface area contributed by atoms with Gasteiger partial charge >= 0.3 is 24.3 Å². The molecule has 4 N–H and O–H groups in total. The van der Waals surface area contributed by atoms with Crippen molar-refractivity contribution in [2.24, 2.45) is 0 Å². The fourth-order valence-electron chi connectivity index (χ4n) is 0. The fourth-order valence-corrected chi connectivity index (χ4v) is 0. The van der Waals surface area contributed by atoms with Gasteiger partial charge in [0, 0.05) is 0 Å². The summed E-state index contributed by atoms with van der Waals surface area (Å²) in [6, 6.07) is 0. The third-order valence-electron chi connectivity index (χ3n) is 0.485. The van der Waals surface area contributed by atoms with Crippen LogP contribution in [-0.2, 0) is 9.59 Å². The first kappa shape index (κ1) is 19.1. The van der Waals surface area contributed by atoms with E-state index in [1.54, 1.807) is 0 Å². The first-order chi connectivity index (χ1) is 5.89. The van der Waals surface area contributed by atoms with Crippen LogP contribution in [0, 0.1) is 0 Å². The molecule has 5 nitrogen and oxygen atoms in total. The Morgan fingerprint density at radius 2 is 0.800 bits per heavy atom. The zero-order valence-electron chi connectivity index (χ0n) is 6.48. The second-order valence-corrected chi connectivity index (χ2v) is 1.61. The first-order valence-corrected chi connectivity index (χ1v) is 2.49. The number of hydrogen-bond donors (Lipinski definition) is 2. The Labute approximate surface area is 77.2 Å². The average Bonchev–Trinajstić information content (AvgIpc) is 1.83. The highest BCUT2D eigenvalue weighted by molar-refractivity contribution is 5.73. The molecule has 0 spiro atoms. The molecular weight excluding hydrogens is 242 g/mol. The normalized spacial score (nSPS) is 10.5. The molecular formula is C4H4F6O5. The van der Waals surface area contributed by atoms with Crippen molar-refractivity contribution in [3.8, 4) is 0 Å². The van der Waals surface area contributed by atoms with E-state index in [0.717, 1.165) is 0 Å². The van der Waals surface area contributed by atoms with Gasteiger partial charge in [-0.05, 0) is 0 Å². The second-order valence-electron chi connectivity index (χ2n) is 1.61. The van der Waals surface area contributed by atoms with Crippen LogP contribution in [-0.4, -0.2) is 40.0 Å². The van der Waals surface area contributed by atoms with Crippen LogP contribution >= 0.6 is 0 Å². The maximum absolute atomic E-state index is 10.6. The number of rotatable bonds is 0. The van der Waals surface area contributed by atoms with Gasteiger partial charge in [-0.2, -0.15) is 26.3 Å². The molecule has 0 atom stereocenters. The lowest BCUT2D eigenvalue weighted by atomic mass is 10.7. The predicted octanol–water partition coefficient (Wildman–Crippen LogP) is 0.442. The Morgan fingerprint density at radius 3 is 0.800 bits per heavy atom. The van der Waals surface area contributed by atoms with Gasteiger partial charge in [0.05, 0.1) is 0 Å². The molecule has 0 aliphatic heterocycles. The van der Waals surface area contributed by atoms with Gasteiger partial charge in [0.15, 0.2) is 0 Å². The van der Waals surface area contributed by atoms with Crippen LogP contribution in [0.3, 0.4) is 0 Å². The van der Waals surface area contributed by atoms with Crippen LogP contribution in [0.4, 0.5) is 26.3 Å². The summed E-state index contributed by atoms with van der Waals surface area (Å²) in [5.74, 6) is -5.51. The van der Waals surface area contributed by atoms with E-state index in [4.69, 9.17) is 19.8 Å². The molecule has 0 heterocycles. The number of carbonyl (C=O) groups is 2. The van der Waals surface area contributed by atoms with Crippen LogP contribution in [0.1, 0.15) is 0 Å². The van der Waals surface area contributed by atoms with Crippen LogP contribution in [0.5, 0.6) is 0 Å². The molecule has 0 aliphatic rings. The van der Waals surface area contributed by atoms with E-state index in [9.17, 15) is 26.3 Å². The van der Waals surface area contributed by atoms with E-state index in [1.165, 1.54) is 0 Å². The molecule has 0 rings (SSSR count). The van der Waals surface area contributed by atoms with E-state index in [1.807, 2.05) is 0 Å². The number of hydrogen-bond acceptors (Lipinski definition) is 2. The Bertz CT molecular complexity index is 193. The first-order valence-electron chi connectivity index (χ1n) is 2.49. The van der Waals surface area contributed by atoms with Gasteiger partial charge in [-0.15, -0.1) is 0 Å². The van der Waals surface area contributed by atoms with Crippen molar-refractivity contribution in [1.29, 1.82) is 0 Å². The summed E-state index contributed by atoms with van der Waals surface area (Å²) in [7, 11) is 0. The minimum absolute atomic E-state index is 0. The lowest BCUT2D eigenvalue weighted by Crippen LogP contribution is -2.21. The van der Waals surface area contributed by atoms with Gasteiger partial charge in [0.1, 0.15) is 0 Å². The monoisotopic (exact) mass is 246 g/mol. The Morgan fingerprint density at radius 1 is 0.733 bits per heavy atom. The standard InChI is InChI=1S/2C2HF3O2.H2O/c2*3-2(4,5)1(6)7;/h2*(H,6,7);1H2. The summed E-state index contributed by atoms with van der Waals surface area (Å²) >= 11 is 0. The third-order valence-corrected chi connectivity index (χ3v) is 0.485. The fraction of sp³-hybridized carbons (Fsp3) is 0.500. The molecule has 0 aromatic heterocycles. The van der Waals surface area contributed by atoms with E-state index >= 15 is 0 Å². The SMILES string of the molecule is O.O=C(O)C(F)(F)F.O=C(O)C(F)(F)F. The lowest BCUT2D eigenvalue weighted by Gasteiger charge is -1.93. The summed E-state index contributed by atoms with van der Waals surface area (Å²) in [5.41, 5.74) is 0. The van der Waals surface area contributed by atoms with Crippen LogP contribution < -0.4 is 0 Å². The van der Waals surface area contributed by atoms with E-state index in [-0.39, 0.29) is 5.48 Å². The molecule has 0 saturated heterocycles. The minimum atomic E-state index is -5.08. The zero-order chi connectivity index (χ0) is 12.2. The highest BCUT2D eigenvalue weighted by atomic mass is 19.4.